The molecule has 1 atom stereocenters. The standard InChI is InChI=1S/C25H24Cl2N2O5S/c1-2-14-34-23-10-7-20(27)16-22(23)25(31)29-13-11-18(17-29)24(30)28-12-3-4-15-35(32,33)21-8-5-19(26)6-9-21/h1,4-10,15-16,18H,3,11-14,17H2,(H,28,30)/b15-4+/t18-/m0/s1. The van der Waals surface area contributed by atoms with Crippen LogP contribution in [-0.4, -0.2) is 51.4 Å². The molecule has 0 saturated carbocycles. The number of nitrogens with zero attached hydrogens (tertiary/aromatic N) is 1. The van der Waals surface area contributed by atoms with E-state index in [1.54, 1.807) is 17.0 Å². The van der Waals surface area contributed by atoms with E-state index in [-0.39, 0.29) is 42.3 Å². The van der Waals surface area contributed by atoms with Crippen molar-refractivity contribution in [2.75, 3.05) is 26.2 Å². The Labute approximate surface area is 215 Å². The number of rotatable bonds is 9. The van der Waals surface area contributed by atoms with Gasteiger partial charge in [-0.15, -0.1) is 6.42 Å². The Morgan fingerprint density at radius 1 is 1.17 bits per heavy atom. The molecule has 0 unspecified atom stereocenters. The molecule has 1 fully saturated rings. The summed E-state index contributed by atoms with van der Waals surface area (Å²) in [6.45, 7) is 0.959. The highest BCUT2D eigenvalue weighted by atomic mass is 35.5. The van der Waals surface area contributed by atoms with Gasteiger partial charge in [0.25, 0.3) is 5.91 Å². The number of carbonyl (C=O) groups excluding carboxylic acids is 2. The van der Waals surface area contributed by atoms with Gasteiger partial charge in [-0.2, -0.15) is 0 Å². The highest BCUT2D eigenvalue weighted by molar-refractivity contribution is 7.94. The van der Waals surface area contributed by atoms with Gasteiger partial charge in [-0.3, -0.25) is 9.59 Å². The molecule has 2 amide bonds. The topological polar surface area (TPSA) is 92.8 Å². The first kappa shape index (κ1) is 26.6. The zero-order valence-corrected chi connectivity index (χ0v) is 21.1. The van der Waals surface area contributed by atoms with Gasteiger partial charge in [-0.05, 0) is 55.3 Å². The highest BCUT2D eigenvalue weighted by Crippen LogP contribution is 2.27. The van der Waals surface area contributed by atoms with Crippen molar-refractivity contribution in [3.05, 3.63) is 69.6 Å². The summed E-state index contributed by atoms with van der Waals surface area (Å²) in [5.74, 6) is 1.85. The van der Waals surface area contributed by atoms with Gasteiger partial charge >= 0.3 is 0 Å². The van der Waals surface area contributed by atoms with Crippen LogP contribution < -0.4 is 10.1 Å². The first-order valence-corrected chi connectivity index (χ1v) is 13.1. The van der Waals surface area contributed by atoms with Crippen LogP contribution in [0.4, 0.5) is 0 Å². The van der Waals surface area contributed by atoms with Crippen molar-refractivity contribution >= 4 is 44.9 Å². The minimum atomic E-state index is -3.58. The van der Waals surface area contributed by atoms with Crippen LogP contribution in [0.3, 0.4) is 0 Å². The average Bonchev–Trinajstić information content (AvgIpc) is 3.33. The third kappa shape index (κ3) is 7.25. The lowest BCUT2D eigenvalue weighted by atomic mass is 10.1. The number of nitrogens with one attached hydrogen (secondary N) is 1. The molecule has 1 saturated heterocycles. The average molecular weight is 535 g/mol. The second-order valence-corrected chi connectivity index (χ2v) is 10.5. The molecule has 3 rings (SSSR count). The van der Waals surface area contributed by atoms with Crippen LogP contribution >= 0.6 is 23.2 Å². The predicted molar refractivity (Wildman–Crippen MR) is 135 cm³/mol. The molecule has 7 nitrogen and oxygen atoms in total. The molecule has 184 valence electrons. The Bertz CT molecular complexity index is 1250. The van der Waals surface area contributed by atoms with Crippen LogP contribution in [0.1, 0.15) is 23.2 Å². The van der Waals surface area contributed by atoms with Gasteiger partial charge in [0.1, 0.15) is 12.4 Å². The van der Waals surface area contributed by atoms with E-state index in [0.29, 0.717) is 40.7 Å². The fraction of sp³-hybridized carbons (Fsp3) is 0.280. The van der Waals surface area contributed by atoms with Crippen molar-refractivity contribution in [3.63, 3.8) is 0 Å². The van der Waals surface area contributed by atoms with Gasteiger partial charge in [0.2, 0.25) is 5.91 Å². The number of carbonyl (C=O) groups is 2. The van der Waals surface area contributed by atoms with E-state index < -0.39 is 9.84 Å². The number of ether oxygens (including phenoxy) is 1. The maximum atomic E-state index is 13.0. The Kier molecular flexibility index (Phi) is 9.21. The van der Waals surface area contributed by atoms with Gasteiger partial charge in [-0.1, -0.05) is 35.2 Å². The highest BCUT2D eigenvalue weighted by Gasteiger charge is 2.32. The molecular weight excluding hydrogens is 511 g/mol. The predicted octanol–water partition coefficient (Wildman–Crippen LogP) is 3.96. The van der Waals surface area contributed by atoms with Crippen LogP contribution in [0.15, 0.2) is 58.8 Å². The largest absolute Gasteiger partial charge is 0.480 e. The summed E-state index contributed by atoms with van der Waals surface area (Å²) in [4.78, 5) is 27.3. The number of amides is 2. The van der Waals surface area contributed by atoms with Crippen molar-refractivity contribution in [1.29, 1.82) is 0 Å². The summed E-state index contributed by atoms with van der Waals surface area (Å²) in [6.07, 6.45) is 7.58. The summed E-state index contributed by atoms with van der Waals surface area (Å²) < 4.78 is 30.0. The third-order valence-electron chi connectivity index (χ3n) is 5.36. The van der Waals surface area contributed by atoms with Crippen LogP contribution in [0, 0.1) is 18.3 Å². The second-order valence-electron chi connectivity index (χ2n) is 7.82. The lowest BCUT2D eigenvalue weighted by Gasteiger charge is -2.18. The summed E-state index contributed by atoms with van der Waals surface area (Å²) in [7, 11) is -3.58. The number of likely N-dealkylation sites (tertiary alicyclic amines) is 1. The zero-order valence-electron chi connectivity index (χ0n) is 18.7. The summed E-state index contributed by atoms with van der Waals surface area (Å²) >= 11 is 11.8. The molecule has 2 aromatic carbocycles. The Morgan fingerprint density at radius 2 is 1.89 bits per heavy atom. The Hall–Kier alpha value is -2.99. The van der Waals surface area contributed by atoms with Crippen molar-refractivity contribution in [3.8, 4) is 18.1 Å². The Morgan fingerprint density at radius 3 is 2.60 bits per heavy atom. The molecule has 1 aliphatic heterocycles. The van der Waals surface area contributed by atoms with E-state index in [0.717, 1.165) is 5.41 Å². The molecule has 0 aliphatic carbocycles. The summed E-state index contributed by atoms with van der Waals surface area (Å²) in [5, 5.41) is 4.75. The van der Waals surface area contributed by atoms with Gasteiger partial charge < -0.3 is 15.0 Å². The molecule has 0 bridgehead atoms. The van der Waals surface area contributed by atoms with E-state index in [1.807, 2.05) is 0 Å². The van der Waals surface area contributed by atoms with E-state index in [4.69, 9.17) is 34.4 Å². The van der Waals surface area contributed by atoms with Gasteiger partial charge in [-0.25, -0.2) is 8.42 Å². The lowest BCUT2D eigenvalue weighted by Crippen LogP contribution is -2.35. The SMILES string of the molecule is C#CCOc1ccc(Cl)cc1C(=O)N1CC[C@H](C(=O)NCC/C=C/S(=O)(=O)c2ccc(Cl)cc2)C1. The van der Waals surface area contributed by atoms with E-state index in [9.17, 15) is 18.0 Å². The molecule has 1 aliphatic rings. The van der Waals surface area contributed by atoms with Crippen LogP contribution in [0.5, 0.6) is 5.75 Å². The minimum absolute atomic E-state index is 0.0163. The van der Waals surface area contributed by atoms with Crippen LogP contribution in [0.25, 0.3) is 0 Å². The molecule has 0 spiro atoms. The van der Waals surface area contributed by atoms with E-state index in [1.165, 1.54) is 36.4 Å². The van der Waals surface area contributed by atoms with Crippen molar-refractivity contribution in [1.82, 2.24) is 10.2 Å². The van der Waals surface area contributed by atoms with E-state index >= 15 is 0 Å². The molecule has 1 N–H and O–H groups in total. The lowest BCUT2D eigenvalue weighted by molar-refractivity contribution is -0.124. The molecule has 35 heavy (non-hydrogen) atoms. The maximum absolute atomic E-state index is 13.0. The fourth-order valence-corrected chi connectivity index (χ4v) is 4.92. The normalized spacial score (nSPS) is 15.7. The van der Waals surface area contributed by atoms with Gasteiger partial charge in [0.05, 0.1) is 16.4 Å². The first-order valence-electron chi connectivity index (χ1n) is 10.8. The van der Waals surface area contributed by atoms with Crippen molar-refractivity contribution in [2.45, 2.75) is 17.7 Å². The third-order valence-corrected chi connectivity index (χ3v) is 7.32. The monoisotopic (exact) mass is 534 g/mol. The van der Waals surface area contributed by atoms with Gasteiger partial charge in [0.15, 0.2) is 9.84 Å². The molecule has 2 aromatic rings. The number of hydrogen-bond acceptors (Lipinski definition) is 5. The number of sulfone groups is 1. The molecular formula is C25H24Cl2N2O5S. The molecule has 0 radical (unpaired) electrons. The smallest absolute Gasteiger partial charge is 0.257 e. The van der Waals surface area contributed by atoms with E-state index in [2.05, 4.69) is 11.2 Å². The molecule has 10 heteroatoms. The summed E-state index contributed by atoms with van der Waals surface area (Å²) in [5.41, 5.74) is 0.292. The minimum Gasteiger partial charge on any atom is -0.480 e. The number of hydrogen-bond donors (Lipinski definition) is 1. The number of halogens is 2. The second kappa shape index (κ2) is 12.1. The Balaban J connectivity index is 1.50. The van der Waals surface area contributed by atoms with Crippen LogP contribution in [-0.2, 0) is 14.6 Å². The van der Waals surface area contributed by atoms with Gasteiger partial charge in [0, 0.05) is 35.1 Å². The maximum Gasteiger partial charge on any atom is 0.257 e. The van der Waals surface area contributed by atoms with Crippen molar-refractivity contribution in [2.24, 2.45) is 5.92 Å². The molecule has 1 heterocycles. The zero-order chi connectivity index (χ0) is 25.4. The quantitative estimate of drug-likeness (QED) is 0.388. The number of terminal acetylenes is 1. The fourth-order valence-electron chi connectivity index (χ4n) is 3.56. The first-order chi connectivity index (χ1) is 16.7. The van der Waals surface area contributed by atoms with Crippen LogP contribution in [0.2, 0.25) is 10.0 Å². The summed E-state index contributed by atoms with van der Waals surface area (Å²) in [6, 6.07) is 10.6. The van der Waals surface area contributed by atoms with Crippen molar-refractivity contribution < 1.29 is 22.7 Å². The number of benzene rings is 2. The molecule has 0 aromatic heterocycles.